The van der Waals surface area contributed by atoms with Gasteiger partial charge in [-0.25, -0.2) is 4.79 Å². The van der Waals surface area contributed by atoms with Gasteiger partial charge in [0.2, 0.25) is 0 Å². The van der Waals surface area contributed by atoms with Crippen LogP contribution in [0, 0.1) is 0 Å². The van der Waals surface area contributed by atoms with Crippen molar-refractivity contribution in [3.63, 3.8) is 0 Å². The van der Waals surface area contributed by atoms with E-state index in [0.29, 0.717) is 5.56 Å². The first-order valence-electron chi connectivity index (χ1n) is 4.26. The minimum Gasteiger partial charge on any atom is -0.478 e. The normalized spacial score (nSPS) is 12.1. The summed E-state index contributed by atoms with van der Waals surface area (Å²) in [5.74, 6) is -0.885. The molecule has 0 saturated heterocycles. The molecule has 1 aromatic rings. The summed E-state index contributed by atoms with van der Waals surface area (Å²) in [5, 5.41) is 9.13. The molecule has 2 nitrogen and oxygen atoms in total. The van der Waals surface area contributed by atoms with E-state index in [1.807, 2.05) is 19.1 Å². The van der Waals surface area contributed by atoms with Gasteiger partial charge in [0.25, 0.3) is 0 Å². The molecule has 0 aromatic heterocycles. The topological polar surface area (TPSA) is 37.3 Å². The average molecular weight is 208 g/mol. The number of hydrogen-bond donors (Lipinski definition) is 1. The van der Waals surface area contributed by atoms with Crippen molar-refractivity contribution in [2.75, 3.05) is 0 Å². The first kappa shape index (κ1) is 10.9. The van der Waals surface area contributed by atoms with Crippen molar-refractivity contribution in [1.82, 2.24) is 0 Å². The van der Waals surface area contributed by atoms with E-state index in [4.69, 9.17) is 5.11 Å². The lowest BCUT2D eigenvalue weighted by atomic mass is 10.2. The Morgan fingerprint density at radius 3 is 2.79 bits per heavy atom. The van der Waals surface area contributed by atoms with E-state index in [-0.39, 0.29) is 5.25 Å². The van der Waals surface area contributed by atoms with Gasteiger partial charge in [-0.2, -0.15) is 0 Å². The van der Waals surface area contributed by atoms with Crippen LogP contribution in [0.5, 0.6) is 0 Å². The van der Waals surface area contributed by atoms with Gasteiger partial charge in [-0.15, -0.1) is 18.3 Å². The lowest BCUT2D eigenvalue weighted by Gasteiger charge is -2.08. The third-order valence-electron chi connectivity index (χ3n) is 1.76. The van der Waals surface area contributed by atoms with Crippen LogP contribution < -0.4 is 0 Å². The van der Waals surface area contributed by atoms with E-state index >= 15 is 0 Å². The maximum Gasteiger partial charge on any atom is 0.336 e. The molecule has 14 heavy (non-hydrogen) atoms. The summed E-state index contributed by atoms with van der Waals surface area (Å²) in [6.45, 7) is 5.65. The smallest absolute Gasteiger partial charge is 0.336 e. The zero-order valence-electron chi connectivity index (χ0n) is 7.93. The summed E-state index contributed by atoms with van der Waals surface area (Å²) in [6.07, 6.45) is 1.79. The van der Waals surface area contributed by atoms with E-state index in [1.54, 1.807) is 18.2 Å². The zero-order valence-corrected chi connectivity index (χ0v) is 8.75. The first-order chi connectivity index (χ1) is 6.65. The number of aromatic carboxylic acids is 1. The summed E-state index contributed by atoms with van der Waals surface area (Å²) < 4.78 is 0. The molecule has 1 N–H and O–H groups in total. The minimum atomic E-state index is -0.885. The second-order valence-electron chi connectivity index (χ2n) is 2.86. The number of benzene rings is 1. The van der Waals surface area contributed by atoms with Crippen molar-refractivity contribution in [1.29, 1.82) is 0 Å². The van der Waals surface area contributed by atoms with Crippen LogP contribution in [0.25, 0.3) is 0 Å². The highest BCUT2D eigenvalue weighted by atomic mass is 32.2. The van der Waals surface area contributed by atoms with Crippen molar-refractivity contribution >= 4 is 17.7 Å². The quantitative estimate of drug-likeness (QED) is 0.610. The van der Waals surface area contributed by atoms with Gasteiger partial charge in [0, 0.05) is 10.1 Å². The summed E-state index contributed by atoms with van der Waals surface area (Å²) in [4.78, 5) is 11.6. The van der Waals surface area contributed by atoms with Gasteiger partial charge in [0.05, 0.1) is 5.56 Å². The Hall–Kier alpha value is -1.22. The maximum atomic E-state index is 10.9. The first-order valence-corrected chi connectivity index (χ1v) is 5.14. The largest absolute Gasteiger partial charge is 0.478 e. The van der Waals surface area contributed by atoms with Crippen LogP contribution in [0.1, 0.15) is 17.3 Å². The molecule has 0 radical (unpaired) electrons. The van der Waals surface area contributed by atoms with Crippen LogP contribution >= 0.6 is 11.8 Å². The van der Waals surface area contributed by atoms with Gasteiger partial charge in [-0.1, -0.05) is 18.2 Å². The summed E-state index contributed by atoms with van der Waals surface area (Å²) in [6, 6.07) is 6.99. The lowest BCUT2D eigenvalue weighted by molar-refractivity contribution is 0.0693. The molecule has 0 aliphatic heterocycles. The molecule has 0 bridgehead atoms. The molecular weight excluding hydrogens is 196 g/mol. The average Bonchev–Trinajstić information content (AvgIpc) is 2.18. The molecule has 0 fully saturated rings. The van der Waals surface area contributed by atoms with Crippen molar-refractivity contribution in [2.24, 2.45) is 0 Å². The van der Waals surface area contributed by atoms with Gasteiger partial charge in [-0.3, -0.25) is 0 Å². The van der Waals surface area contributed by atoms with Crippen LogP contribution in [0.4, 0.5) is 0 Å². The van der Waals surface area contributed by atoms with Crippen LogP contribution in [0.15, 0.2) is 41.8 Å². The fourth-order valence-electron chi connectivity index (χ4n) is 0.994. The van der Waals surface area contributed by atoms with E-state index in [9.17, 15) is 4.79 Å². The number of carbonyl (C=O) groups is 1. The van der Waals surface area contributed by atoms with Gasteiger partial charge < -0.3 is 5.11 Å². The fourth-order valence-corrected chi connectivity index (χ4v) is 1.93. The SMILES string of the molecule is C=CC(C)Sc1ccccc1C(=O)O. The molecule has 1 aromatic carbocycles. The molecule has 0 spiro atoms. The highest BCUT2D eigenvalue weighted by Crippen LogP contribution is 2.27. The standard InChI is InChI=1S/C11H12O2S/c1-3-8(2)14-10-7-5-4-6-9(10)11(12)13/h3-8H,1H2,2H3,(H,12,13). The van der Waals surface area contributed by atoms with Gasteiger partial charge in [0.1, 0.15) is 0 Å². The van der Waals surface area contributed by atoms with Crippen molar-refractivity contribution < 1.29 is 9.90 Å². The Morgan fingerprint density at radius 2 is 2.21 bits per heavy atom. The van der Waals surface area contributed by atoms with E-state index in [2.05, 4.69) is 6.58 Å². The molecule has 1 rings (SSSR count). The van der Waals surface area contributed by atoms with Gasteiger partial charge in [0.15, 0.2) is 0 Å². The van der Waals surface area contributed by atoms with E-state index in [0.717, 1.165) is 4.90 Å². The predicted octanol–water partition coefficient (Wildman–Crippen LogP) is 3.05. The second-order valence-corrected chi connectivity index (χ2v) is 4.28. The number of carboxylic acid groups (broad SMARTS) is 1. The van der Waals surface area contributed by atoms with Crippen LogP contribution in [-0.2, 0) is 0 Å². The van der Waals surface area contributed by atoms with Crippen LogP contribution in [0.2, 0.25) is 0 Å². The Kier molecular flexibility index (Phi) is 3.77. The van der Waals surface area contributed by atoms with Crippen molar-refractivity contribution in [2.45, 2.75) is 17.1 Å². The third-order valence-corrected chi connectivity index (χ3v) is 2.94. The van der Waals surface area contributed by atoms with Crippen molar-refractivity contribution in [3.8, 4) is 0 Å². The highest BCUT2D eigenvalue weighted by Gasteiger charge is 2.10. The number of carboxylic acids is 1. The predicted molar refractivity (Wildman–Crippen MR) is 58.9 cm³/mol. The second kappa shape index (κ2) is 4.86. The summed E-state index contributed by atoms with van der Waals surface area (Å²) in [5.41, 5.74) is 0.353. The number of hydrogen-bond acceptors (Lipinski definition) is 2. The molecule has 0 heterocycles. The van der Waals surface area contributed by atoms with Gasteiger partial charge >= 0.3 is 5.97 Å². The number of rotatable bonds is 4. The summed E-state index contributed by atoms with van der Waals surface area (Å²) in [7, 11) is 0. The monoisotopic (exact) mass is 208 g/mol. The van der Waals surface area contributed by atoms with Crippen LogP contribution in [-0.4, -0.2) is 16.3 Å². The number of thioether (sulfide) groups is 1. The zero-order chi connectivity index (χ0) is 10.6. The van der Waals surface area contributed by atoms with Crippen LogP contribution in [0.3, 0.4) is 0 Å². The molecule has 1 atom stereocenters. The molecule has 0 aliphatic rings. The summed E-state index contributed by atoms with van der Waals surface area (Å²) >= 11 is 1.50. The molecule has 0 amide bonds. The molecule has 0 saturated carbocycles. The Balaban J connectivity index is 2.95. The molecule has 74 valence electrons. The van der Waals surface area contributed by atoms with Gasteiger partial charge in [-0.05, 0) is 19.1 Å². The minimum absolute atomic E-state index is 0.218. The molecule has 1 unspecified atom stereocenters. The Bertz CT molecular complexity index is 347. The highest BCUT2D eigenvalue weighted by molar-refractivity contribution is 8.00. The third kappa shape index (κ3) is 2.64. The lowest BCUT2D eigenvalue weighted by Crippen LogP contribution is -2.00. The fraction of sp³-hybridized carbons (Fsp3) is 0.182. The van der Waals surface area contributed by atoms with E-state index < -0.39 is 5.97 Å². The maximum absolute atomic E-state index is 10.9. The molecular formula is C11H12O2S. The Labute approximate surface area is 87.6 Å². The Morgan fingerprint density at radius 1 is 1.57 bits per heavy atom. The van der Waals surface area contributed by atoms with E-state index in [1.165, 1.54) is 11.8 Å². The molecule has 0 aliphatic carbocycles. The molecule has 3 heteroatoms. The van der Waals surface area contributed by atoms with Crippen molar-refractivity contribution in [3.05, 3.63) is 42.5 Å².